The maximum atomic E-state index is 11.6. The number of thioether (sulfide) groups is 1. The third kappa shape index (κ3) is 5.90. The number of nitrogens with one attached hydrogen (secondary N) is 2. The van der Waals surface area contributed by atoms with E-state index < -0.39 is 23.3 Å². The van der Waals surface area contributed by atoms with Gasteiger partial charge in [0.05, 0.1) is 11.3 Å². The highest BCUT2D eigenvalue weighted by molar-refractivity contribution is 8.01. The van der Waals surface area contributed by atoms with Gasteiger partial charge in [-0.25, -0.2) is 10.2 Å². The lowest BCUT2D eigenvalue weighted by Gasteiger charge is -2.16. The summed E-state index contributed by atoms with van der Waals surface area (Å²) < 4.78 is 0. The molecule has 0 radical (unpaired) electrons. The van der Waals surface area contributed by atoms with Crippen LogP contribution in [0.4, 0.5) is 0 Å². The normalized spacial score (nSPS) is 16.8. The quantitative estimate of drug-likeness (QED) is 0.334. The molecule has 1 atom stereocenters. The van der Waals surface area contributed by atoms with Crippen molar-refractivity contribution in [1.29, 1.82) is 0 Å². The van der Waals surface area contributed by atoms with Crippen LogP contribution in [0.25, 0.3) is 6.08 Å². The average Bonchev–Trinajstić information content (AvgIpc) is 2.61. The number of aromatic carboxylic acids is 1. The highest BCUT2D eigenvalue weighted by Gasteiger charge is 2.21. The predicted molar refractivity (Wildman–Crippen MR) is 96.4 cm³/mol. The number of aromatic nitrogens is 1. The number of hydrogen-bond donors (Lipinski definition) is 5. The van der Waals surface area contributed by atoms with Crippen LogP contribution in [0.1, 0.15) is 15.9 Å². The predicted octanol–water partition coefficient (Wildman–Crippen LogP) is 0.343. The molecule has 0 bridgehead atoms. The smallest absolute Gasteiger partial charge is 0.337 e. The van der Waals surface area contributed by atoms with Gasteiger partial charge in [-0.3, -0.25) is 15.2 Å². The van der Waals surface area contributed by atoms with Gasteiger partial charge in [-0.2, -0.15) is 10.1 Å². The second-order valence-electron chi connectivity index (χ2n) is 4.69. The number of pyridine rings is 1. The zero-order valence-corrected chi connectivity index (χ0v) is 13.9. The summed E-state index contributed by atoms with van der Waals surface area (Å²) in [5.74, 6) is -1.93. The summed E-state index contributed by atoms with van der Waals surface area (Å²) >= 11 is 1.00. The number of carbonyl (C=O) groups excluding carboxylic acids is 1. The molecule has 0 saturated carbocycles. The molecule has 2 heterocycles. The lowest BCUT2D eigenvalue weighted by atomic mass is 10.2. The topological polar surface area (TPSA) is 169 Å². The molecule has 0 saturated heterocycles. The molecule has 11 nitrogen and oxygen atoms in total. The maximum absolute atomic E-state index is 11.6. The summed E-state index contributed by atoms with van der Waals surface area (Å²) in [5.41, 5.74) is 5.33. The highest BCUT2D eigenvalue weighted by atomic mass is 32.2. The Hall–Kier alpha value is -3.41. The Morgan fingerprint density at radius 3 is 2.92 bits per heavy atom. The van der Waals surface area contributed by atoms with Gasteiger partial charge >= 0.3 is 12.0 Å². The summed E-state index contributed by atoms with van der Waals surface area (Å²) in [6.45, 7) is 0. The van der Waals surface area contributed by atoms with Gasteiger partial charge in [-0.05, 0) is 17.7 Å². The molecule has 1 unspecified atom stereocenters. The average molecular weight is 378 g/mol. The van der Waals surface area contributed by atoms with Crippen LogP contribution in [0.15, 0.2) is 39.7 Å². The van der Waals surface area contributed by atoms with Crippen LogP contribution in [0.3, 0.4) is 0 Å². The maximum Gasteiger partial charge on any atom is 0.337 e. The highest BCUT2D eigenvalue weighted by Crippen LogP contribution is 2.11. The first-order chi connectivity index (χ1) is 12.5. The van der Waals surface area contributed by atoms with Crippen LogP contribution in [0, 0.1) is 0 Å². The van der Waals surface area contributed by atoms with Crippen molar-refractivity contribution in [2.24, 2.45) is 15.2 Å². The Labute approximate surface area is 151 Å². The number of hydrogen-bond acceptors (Lipinski definition) is 8. The standard InChI is InChI=1S/C14H14N6O5S/c21-10(7-26-12-11(22)17-14(25)20-19-12)18-16-3-1-2-8-4-9(13(23)24)6-15-5-8/h1-6,12,19H,7H2,(H,18,21)(H,23,24)(H2,17,20,22,25)/b2-1+,16-3+. The minimum absolute atomic E-state index is 0.0425. The van der Waals surface area contributed by atoms with Crippen LogP contribution in [-0.2, 0) is 4.79 Å². The third-order valence-electron chi connectivity index (χ3n) is 2.76. The molecule has 0 fully saturated rings. The minimum Gasteiger partial charge on any atom is -0.494 e. The summed E-state index contributed by atoms with van der Waals surface area (Å²) in [5, 5.41) is 33.7. The number of amides is 1. The molecular formula is C14H14N6O5S. The van der Waals surface area contributed by atoms with E-state index in [4.69, 9.17) is 10.2 Å². The van der Waals surface area contributed by atoms with E-state index >= 15 is 0 Å². The molecule has 1 aliphatic heterocycles. The number of carboxylic acids is 1. The summed E-state index contributed by atoms with van der Waals surface area (Å²) in [4.78, 5) is 29.6. The van der Waals surface area contributed by atoms with E-state index in [2.05, 4.69) is 31.0 Å². The summed E-state index contributed by atoms with van der Waals surface area (Å²) in [7, 11) is 0. The van der Waals surface area contributed by atoms with Crippen molar-refractivity contribution in [3.63, 3.8) is 0 Å². The molecule has 5 N–H and O–H groups in total. The number of carbonyl (C=O) groups is 2. The number of aliphatic hydroxyl groups is 2. The monoisotopic (exact) mass is 378 g/mol. The first-order valence-electron chi connectivity index (χ1n) is 7.04. The fraction of sp³-hybridized carbons (Fsp3) is 0.143. The Morgan fingerprint density at radius 1 is 1.38 bits per heavy atom. The van der Waals surface area contributed by atoms with Crippen LogP contribution in [0.5, 0.6) is 0 Å². The van der Waals surface area contributed by atoms with Gasteiger partial charge < -0.3 is 15.3 Å². The Morgan fingerprint density at radius 2 is 2.19 bits per heavy atom. The number of amidine groups is 1. The van der Waals surface area contributed by atoms with E-state index in [0.29, 0.717) is 5.56 Å². The van der Waals surface area contributed by atoms with Crippen LogP contribution in [-0.4, -0.2) is 61.4 Å². The van der Waals surface area contributed by atoms with Crippen molar-refractivity contribution in [2.75, 3.05) is 5.75 Å². The van der Waals surface area contributed by atoms with Crippen molar-refractivity contribution in [2.45, 2.75) is 5.37 Å². The zero-order chi connectivity index (χ0) is 18.9. The van der Waals surface area contributed by atoms with Gasteiger partial charge in [-0.1, -0.05) is 6.08 Å². The van der Waals surface area contributed by atoms with Crippen LogP contribution >= 0.6 is 11.8 Å². The Bertz CT molecular complexity index is 807. The first kappa shape index (κ1) is 18.9. The van der Waals surface area contributed by atoms with Gasteiger partial charge in [0.15, 0.2) is 5.37 Å². The fourth-order valence-corrected chi connectivity index (χ4v) is 2.35. The first-order valence-corrected chi connectivity index (χ1v) is 8.09. The molecule has 1 aromatic rings. The van der Waals surface area contributed by atoms with E-state index in [-0.39, 0.29) is 17.2 Å². The van der Waals surface area contributed by atoms with E-state index in [9.17, 15) is 14.7 Å². The van der Waals surface area contributed by atoms with Crippen LogP contribution in [0.2, 0.25) is 0 Å². The van der Waals surface area contributed by atoms with Gasteiger partial charge in [0.25, 0.3) is 0 Å². The Balaban J connectivity index is 1.74. The van der Waals surface area contributed by atoms with Crippen molar-refractivity contribution in [1.82, 2.24) is 15.8 Å². The SMILES string of the molecule is O=C(CSC1NN=C(O)N=C1O)N/N=C/C=C/c1cncc(C(=O)O)c1. The zero-order valence-electron chi connectivity index (χ0n) is 13.1. The van der Waals surface area contributed by atoms with Gasteiger partial charge in [-0.15, -0.1) is 16.9 Å². The second kappa shape index (κ2) is 9.17. The lowest BCUT2D eigenvalue weighted by Crippen LogP contribution is -2.36. The number of rotatable bonds is 7. The van der Waals surface area contributed by atoms with E-state index in [1.807, 2.05) is 0 Å². The summed E-state index contributed by atoms with van der Waals surface area (Å²) in [6.07, 6.45) is 7.12. The Kier molecular flexibility index (Phi) is 6.68. The molecular weight excluding hydrogens is 364 g/mol. The number of carboxylic acid groups (broad SMARTS) is 1. The molecule has 12 heteroatoms. The third-order valence-corrected chi connectivity index (χ3v) is 3.84. The second-order valence-corrected chi connectivity index (χ2v) is 5.78. The fourth-order valence-electron chi connectivity index (χ4n) is 1.64. The summed E-state index contributed by atoms with van der Waals surface area (Å²) in [6, 6.07) is 0.852. The largest absolute Gasteiger partial charge is 0.494 e. The lowest BCUT2D eigenvalue weighted by molar-refractivity contribution is -0.118. The molecule has 1 aromatic heterocycles. The molecule has 2 rings (SSSR count). The van der Waals surface area contributed by atoms with Gasteiger partial charge in [0.2, 0.25) is 11.8 Å². The molecule has 1 amide bonds. The van der Waals surface area contributed by atoms with Gasteiger partial charge in [0.1, 0.15) is 0 Å². The van der Waals surface area contributed by atoms with Gasteiger partial charge in [0, 0.05) is 18.6 Å². The van der Waals surface area contributed by atoms with Crippen molar-refractivity contribution < 1.29 is 24.9 Å². The number of hydrazone groups is 2. The number of nitrogens with zero attached hydrogens (tertiary/aromatic N) is 4. The molecule has 26 heavy (non-hydrogen) atoms. The number of aliphatic hydroxyl groups excluding tert-OH is 2. The number of allylic oxidation sites excluding steroid dienone is 1. The molecule has 0 aromatic carbocycles. The van der Waals surface area contributed by atoms with Crippen LogP contribution < -0.4 is 10.9 Å². The van der Waals surface area contributed by atoms with E-state index in [1.165, 1.54) is 30.8 Å². The van der Waals surface area contributed by atoms with Crippen molar-refractivity contribution >= 4 is 47.8 Å². The van der Waals surface area contributed by atoms with Crippen molar-refractivity contribution in [3.8, 4) is 0 Å². The minimum atomic E-state index is -1.07. The molecule has 0 aliphatic carbocycles. The number of aliphatic imine (C=N–C) groups is 1. The molecule has 136 valence electrons. The van der Waals surface area contributed by atoms with Crippen molar-refractivity contribution in [3.05, 3.63) is 35.7 Å². The molecule has 0 spiro atoms. The van der Waals surface area contributed by atoms with E-state index in [0.717, 1.165) is 11.8 Å². The molecule has 1 aliphatic rings. The van der Waals surface area contributed by atoms with E-state index in [1.54, 1.807) is 6.08 Å².